The number of likely N-dealkylation sites (N-methyl/N-ethyl adjacent to an activating group) is 1. The maximum absolute atomic E-state index is 13.8. The fourth-order valence-electron chi connectivity index (χ4n) is 4.41. The predicted octanol–water partition coefficient (Wildman–Crippen LogP) is 6.54. The second-order valence-electron chi connectivity index (χ2n) is 10.6. The number of esters is 1. The van der Waals surface area contributed by atoms with Gasteiger partial charge in [0.2, 0.25) is 0 Å². The van der Waals surface area contributed by atoms with Crippen LogP contribution in [0.2, 0.25) is 10.0 Å². The Hall–Kier alpha value is -3.62. The number of ether oxygens (including phenoxy) is 2. The van der Waals surface area contributed by atoms with E-state index in [4.69, 9.17) is 32.7 Å². The molecule has 0 aliphatic carbocycles. The highest BCUT2D eigenvalue weighted by atomic mass is 35.5. The highest BCUT2D eigenvalue weighted by Gasteiger charge is 2.36. The second kappa shape index (κ2) is 11.9. The van der Waals surface area contributed by atoms with Gasteiger partial charge in [-0.15, -0.1) is 0 Å². The Morgan fingerprint density at radius 2 is 1.77 bits per heavy atom. The first kappa shape index (κ1) is 29.4. The fourth-order valence-corrected chi connectivity index (χ4v) is 4.91. The van der Waals surface area contributed by atoms with Gasteiger partial charge >= 0.3 is 12.1 Å². The van der Waals surface area contributed by atoms with E-state index in [9.17, 15) is 14.4 Å². The number of carbonyl (C=O) groups is 3. The van der Waals surface area contributed by atoms with E-state index in [2.05, 4.69) is 4.98 Å². The quantitative estimate of drug-likeness (QED) is 0.293. The minimum atomic E-state index is -0.634. The molecular formula is C30H31Cl2N3O5. The third kappa shape index (κ3) is 6.57. The second-order valence-corrected chi connectivity index (χ2v) is 11.4. The van der Waals surface area contributed by atoms with Crippen LogP contribution in [0, 0.1) is 6.92 Å². The third-order valence-electron chi connectivity index (χ3n) is 6.32. The van der Waals surface area contributed by atoms with Crippen molar-refractivity contribution in [3.05, 3.63) is 86.7 Å². The number of halogens is 2. The first-order valence-electron chi connectivity index (χ1n) is 12.8. The summed E-state index contributed by atoms with van der Waals surface area (Å²) >= 11 is 12.8. The maximum atomic E-state index is 13.8. The van der Waals surface area contributed by atoms with Crippen molar-refractivity contribution >= 4 is 41.2 Å². The van der Waals surface area contributed by atoms with Crippen LogP contribution in [-0.4, -0.2) is 58.5 Å². The zero-order valence-corrected chi connectivity index (χ0v) is 24.6. The summed E-state index contributed by atoms with van der Waals surface area (Å²) in [6.07, 6.45) is -0.484. The van der Waals surface area contributed by atoms with Crippen molar-refractivity contribution in [2.75, 3.05) is 20.1 Å². The van der Waals surface area contributed by atoms with Gasteiger partial charge in [0.05, 0.1) is 29.1 Å². The van der Waals surface area contributed by atoms with Gasteiger partial charge in [0.15, 0.2) is 0 Å². The summed E-state index contributed by atoms with van der Waals surface area (Å²) in [6.45, 7) is 7.84. The van der Waals surface area contributed by atoms with Crippen molar-refractivity contribution in [2.45, 2.75) is 46.4 Å². The maximum Gasteiger partial charge on any atom is 0.410 e. The van der Waals surface area contributed by atoms with Crippen LogP contribution in [-0.2, 0) is 22.6 Å². The van der Waals surface area contributed by atoms with Crippen molar-refractivity contribution in [1.82, 2.24) is 14.8 Å². The Labute approximate surface area is 243 Å². The first-order chi connectivity index (χ1) is 18.9. The average Bonchev–Trinajstić information content (AvgIpc) is 3.19. The van der Waals surface area contributed by atoms with Crippen LogP contribution in [0.1, 0.15) is 58.4 Å². The minimum Gasteiger partial charge on any atom is -0.457 e. The fraction of sp³-hybridized carbons (Fsp3) is 0.333. The predicted molar refractivity (Wildman–Crippen MR) is 154 cm³/mol. The summed E-state index contributed by atoms with van der Waals surface area (Å²) in [6, 6.07) is 14.2. The molecule has 1 aliphatic heterocycles. The van der Waals surface area contributed by atoms with Crippen LogP contribution in [0.15, 0.2) is 48.5 Å². The number of aryl methyl sites for hydroxylation is 1. The van der Waals surface area contributed by atoms with Crippen LogP contribution in [0.5, 0.6) is 0 Å². The lowest BCUT2D eigenvalue weighted by Gasteiger charge is -2.26. The molecule has 8 nitrogen and oxygen atoms in total. The Balaban J connectivity index is 1.68. The average molecular weight is 585 g/mol. The molecule has 4 rings (SSSR count). The normalized spacial score (nSPS) is 12.8. The summed E-state index contributed by atoms with van der Waals surface area (Å²) in [5.41, 5.74) is 2.40. The van der Waals surface area contributed by atoms with Crippen LogP contribution in [0.4, 0.5) is 4.79 Å². The SMILES string of the molecule is Cc1nc2c(c(-c3ccc(Cl)cc3Cl)c1C(=O)OCc1ccccc1)C(=O)N(CCN(C)C(=O)OC(C)(C)C)C2. The van der Waals surface area contributed by atoms with E-state index in [1.54, 1.807) is 57.8 Å². The van der Waals surface area contributed by atoms with Crippen molar-refractivity contribution in [1.29, 1.82) is 0 Å². The minimum absolute atomic E-state index is 0.0566. The Morgan fingerprint density at radius 3 is 2.42 bits per heavy atom. The highest BCUT2D eigenvalue weighted by Crippen LogP contribution is 2.40. The number of carbonyl (C=O) groups excluding carboxylic acids is 3. The molecule has 0 N–H and O–H groups in total. The lowest BCUT2D eigenvalue weighted by atomic mass is 9.93. The topological polar surface area (TPSA) is 89.0 Å². The molecular weight excluding hydrogens is 553 g/mol. The Bertz CT molecular complexity index is 1450. The zero-order chi connectivity index (χ0) is 29.2. The Morgan fingerprint density at radius 1 is 1.07 bits per heavy atom. The molecule has 0 saturated heterocycles. The van der Waals surface area contributed by atoms with E-state index in [-0.39, 0.29) is 48.3 Å². The van der Waals surface area contributed by atoms with Gasteiger partial charge in [0, 0.05) is 41.3 Å². The van der Waals surface area contributed by atoms with Gasteiger partial charge in [0.1, 0.15) is 12.2 Å². The number of rotatable bonds is 7. The molecule has 2 amide bonds. The molecule has 0 radical (unpaired) electrons. The number of amides is 2. The van der Waals surface area contributed by atoms with Crippen molar-refractivity contribution < 1.29 is 23.9 Å². The zero-order valence-electron chi connectivity index (χ0n) is 23.1. The number of pyridine rings is 1. The lowest BCUT2D eigenvalue weighted by Crippen LogP contribution is -2.39. The standard InChI is InChI=1S/C30H31Cl2N3O5/c1-18-24(28(37)39-17-19-9-7-6-8-10-19)25(21-12-11-20(31)15-22(21)32)26-23(33-18)16-35(27(26)36)14-13-34(5)29(38)40-30(2,3)4/h6-12,15H,13-14,16-17H2,1-5H3. The van der Waals surface area contributed by atoms with Gasteiger partial charge in [-0.2, -0.15) is 0 Å². The summed E-state index contributed by atoms with van der Waals surface area (Å²) in [7, 11) is 1.62. The molecule has 0 bridgehead atoms. The van der Waals surface area contributed by atoms with Crippen molar-refractivity contribution in [3.63, 3.8) is 0 Å². The molecule has 1 aromatic heterocycles. The lowest BCUT2D eigenvalue weighted by molar-refractivity contribution is 0.0278. The molecule has 10 heteroatoms. The molecule has 0 atom stereocenters. The summed E-state index contributed by atoms with van der Waals surface area (Å²) in [4.78, 5) is 47.3. The summed E-state index contributed by atoms with van der Waals surface area (Å²) in [5.74, 6) is -0.938. The summed E-state index contributed by atoms with van der Waals surface area (Å²) < 4.78 is 11.1. The van der Waals surface area contributed by atoms with Gasteiger partial charge < -0.3 is 19.3 Å². The van der Waals surface area contributed by atoms with Crippen LogP contribution >= 0.6 is 23.2 Å². The highest BCUT2D eigenvalue weighted by molar-refractivity contribution is 6.37. The van der Waals surface area contributed by atoms with Gasteiger partial charge in [-0.05, 0) is 45.4 Å². The number of hydrogen-bond acceptors (Lipinski definition) is 6. The molecule has 0 spiro atoms. The van der Waals surface area contributed by atoms with Crippen molar-refractivity contribution in [3.8, 4) is 11.1 Å². The molecule has 210 valence electrons. The molecule has 1 aliphatic rings. The van der Waals surface area contributed by atoms with E-state index < -0.39 is 17.7 Å². The molecule has 2 aromatic carbocycles. The van der Waals surface area contributed by atoms with E-state index in [1.807, 2.05) is 30.3 Å². The van der Waals surface area contributed by atoms with E-state index in [0.717, 1.165) is 5.56 Å². The molecule has 3 aromatic rings. The third-order valence-corrected chi connectivity index (χ3v) is 6.87. The Kier molecular flexibility index (Phi) is 8.71. The van der Waals surface area contributed by atoms with Crippen LogP contribution in [0.3, 0.4) is 0 Å². The van der Waals surface area contributed by atoms with Gasteiger partial charge in [-0.3, -0.25) is 9.78 Å². The van der Waals surface area contributed by atoms with E-state index >= 15 is 0 Å². The van der Waals surface area contributed by atoms with Crippen LogP contribution < -0.4 is 0 Å². The van der Waals surface area contributed by atoms with Crippen LogP contribution in [0.25, 0.3) is 11.1 Å². The molecule has 40 heavy (non-hydrogen) atoms. The van der Waals surface area contributed by atoms with Gasteiger partial charge in [-0.1, -0.05) is 59.6 Å². The monoisotopic (exact) mass is 583 g/mol. The molecule has 0 fully saturated rings. The largest absolute Gasteiger partial charge is 0.457 e. The van der Waals surface area contributed by atoms with E-state index in [1.165, 1.54) is 4.90 Å². The molecule has 0 saturated carbocycles. The number of fused-ring (bicyclic) bond motifs is 1. The number of benzene rings is 2. The number of aromatic nitrogens is 1. The van der Waals surface area contributed by atoms with Gasteiger partial charge in [-0.25, -0.2) is 9.59 Å². The number of hydrogen-bond donors (Lipinski definition) is 0. The van der Waals surface area contributed by atoms with Crippen molar-refractivity contribution in [2.24, 2.45) is 0 Å². The summed E-state index contributed by atoms with van der Waals surface area (Å²) in [5, 5.41) is 0.704. The number of nitrogens with zero attached hydrogens (tertiary/aromatic N) is 3. The van der Waals surface area contributed by atoms with E-state index in [0.29, 0.717) is 27.5 Å². The smallest absolute Gasteiger partial charge is 0.410 e. The first-order valence-corrected chi connectivity index (χ1v) is 13.5. The van der Waals surface area contributed by atoms with Gasteiger partial charge in [0.25, 0.3) is 5.91 Å². The molecule has 2 heterocycles. The molecule has 0 unspecified atom stereocenters.